The molecular formula is C12H12HgN4O4. The summed E-state index contributed by atoms with van der Waals surface area (Å²) in [7, 11) is 0. The summed E-state index contributed by atoms with van der Waals surface area (Å²) in [5, 5.41) is 22.5. The van der Waals surface area contributed by atoms with Crippen molar-refractivity contribution >= 4 is 11.4 Å². The van der Waals surface area contributed by atoms with Gasteiger partial charge < -0.3 is 0 Å². The second-order valence-electron chi connectivity index (χ2n) is 3.41. The van der Waals surface area contributed by atoms with Crippen molar-refractivity contribution in [3.05, 3.63) is 70.5 Å². The molecule has 0 amide bonds. The van der Waals surface area contributed by atoms with Gasteiger partial charge >= 0.3 is 0 Å². The molecule has 106 valence electrons. The first kappa shape index (κ1) is 19.1. The number of nitroso groups, excluding NO2 is 2. The molecule has 0 atom stereocenters. The van der Waals surface area contributed by atoms with E-state index in [2.05, 4.69) is 10.6 Å². The third-order valence-electron chi connectivity index (χ3n) is 2.13. The fourth-order valence-electron chi connectivity index (χ4n) is 1.22. The molecule has 2 aromatic carbocycles. The zero-order valence-electron chi connectivity index (χ0n) is 11.0. The molecule has 0 bridgehead atoms. The Balaban J connectivity index is 0.000000364. The Labute approximate surface area is 140 Å². The van der Waals surface area contributed by atoms with Crippen LogP contribution >= 0.6 is 0 Å². The molecule has 0 fully saturated rings. The Morgan fingerprint density at radius 1 is 0.667 bits per heavy atom. The third kappa shape index (κ3) is 6.88. The Hall–Kier alpha value is -1.90. The van der Waals surface area contributed by atoms with Gasteiger partial charge in [0.1, 0.15) is 0 Å². The van der Waals surface area contributed by atoms with Crippen LogP contribution in [0.25, 0.3) is 0 Å². The first-order chi connectivity index (χ1) is 9.69. The number of anilines is 2. The number of para-hydroxylation sites is 2. The van der Waals surface area contributed by atoms with Crippen molar-refractivity contribution in [2.24, 2.45) is 10.6 Å². The van der Waals surface area contributed by atoms with Crippen LogP contribution in [-0.4, -0.2) is 10.4 Å². The fourth-order valence-corrected chi connectivity index (χ4v) is 1.22. The normalized spacial score (nSPS) is 8.48. The molecular weight excluding hydrogens is 465 g/mol. The molecule has 0 heterocycles. The molecule has 0 radical (unpaired) electrons. The van der Waals surface area contributed by atoms with Crippen molar-refractivity contribution in [1.29, 1.82) is 0 Å². The summed E-state index contributed by atoms with van der Waals surface area (Å²) in [6.07, 6.45) is 0. The van der Waals surface area contributed by atoms with Crippen molar-refractivity contribution in [2.75, 3.05) is 10.3 Å². The second kappa shape index (κ2) is 10.8. The van der Waals surface area contributed by atoms with Gasteiger partial charge in [-0.15, -0.1) is 20.2 Å². The quantitative estimate of drug-likeness (QED) is 0.399. The monoisotopic (exact) mass is 478 g/mol. The summed E-state index contributed by atoms with van der Waals surface area (Å²) in [4.78, 5) is 19.5. The van der Waals surface area contributed by atoms with Gasteiger partial charge in [0, 0.05) is 27.7 Å². The van der Waals surface area contributed by atoms with Crippen LogP contribution in [0.15, 0.2) is 71.2 Å². The first-order valence-corrected chi connectivity index (χ1v) is 5.43. The van der Waals surface area contributed by atoms with E-state index >= 15 is 0 Å². The standard InChI is InChI=1S/2C6H6N2O2.Hg/c2*9-7-8(10)6-4-2-1-3-5-6;/h2*1-5,10H;. The number of hydrogen-bond donors (Lipinski definition) is 2. The van der Waals surface area contributed by atoms with E-state index in [0.29, 0.717) is 11.4 Å². The van der Waals surface area contributed by atoms with Gasteiger partial charge in [0.15, 0.2) is 0 Å². The maximum absolute atomic E-state index is 9.73. The molecule has 2 rings (SSSR count). The zero-order valence-corrected chi connectivity index (χ0v) is 16.5. The topological polar surface area (TPSA) is 106 Å². The largest absolute Gasteiger partial charge is 0.265 e. The molecule has 0 spiro atoms. The van der Waals surface area contributed by atoms with Gasteiger partial charge in [-0.2, -0.15) is 0 Å². The van der Waals surface area contributed by atoms with Gasteiger partial charge in [-0.3, -0.25) is 10.4 Å². The maximum Gasteiger partial charge on any atom is 0.0932 e. The molecule has 0 saturated heterocycles. The van der Waals surface area contributed by atoms with Gasteiger partial charge in [0.25, 0.3) is 0 Å². The van der Waals surface area contributed by atoms with Gasteiger partial charge in [-0.1, -0.05) is 36.4 Å². The SMILES string of the molecule is O=NN(O)c1ccccc1.O=NN(O)c1ccccc1.[Hg]. The van der Waals surface area contributed by atoms with E-state index in [1.807, 2.05) is 0 Å². The van der Waals surface area contributed by atoms with E-state index in [-0.39, 0.29) is 38.0 Å². The van der Waals surface area contributed by atoms with Crippen LogP contribution in [0, 0.1) is 9.81 Å². The Morgan fingerprint density at radius 2 is 0.952 bits per heavy atom. The summed E-state index contributed by atoms with van der Waals surface area (Å²) in [6, 6.07) is 16.6. The first-order valence-electron chi connectivity index (χ1n) is 5.43. The summed E-state index contributed by atoms with van der Waals surface area (Å²) in [5.41, 5.74) is 0.718. The van der Waals surface area contributed by atoms with Crippen molar-refractivity contribution in [2.45, 2.75) is 0 Å². The van der Waals surface area contributed by atoms with E-state index in [4.69, 9.17) is 10.4 Å². The molecule has 0 unspecified atom stereocenters. The van der Waals surface area contributed by atoms with Gasteiger partial charge in [0.05, 0.1) is 21.9 Å². The molecule has 0 aliphatic carbocycles. The Kier molecular flexibility index (Phi) is 9.85. The minimum Gasteiger partial charge on any atom is -0.265 e. The second-order valence-corrected chi connectivity index (χ2v) is 3.41. The predicted octanol–water partition coefficient (Wildman–Crippen LogP) is 3.12. The van der Waals surface area contributed by atoms with Crippen LogP contribution in [0.4, 0.5) is 11.4 Å². The van der Waals surface area contributed by atoms with Gasteiger partial charge in [0.2, 0.25) is 0 Å². The van der Waals surface area contributed by atoms with Gasteiger partial charge in [-0.25, -0.2) is 0 Å². The average Bonchev–Trinajstić information content (AvgIpc) is 2.55. The fraction of sp³-hybridized carbons (Fsp3) is 0. The van der Waals surface area contributed by atoms with Crippen LogP contribution in [0.2, 0.25) is 0 Å². The Bertz CT molecular complexity index is 480. The number of benzene rings is 2. The number of hydrogen-bond acceptors (Lipinski definition) is 6. The average molecular weight is 477 g/mol. The predicted molar refractivity (Wildman–Crippen MR) is 73.0 cm³/mol. The maximum atomic E-state index is 9.73. The van der Waals surface area contributed by atoms with Crippen molar-refractivity contribution in [3.63, 3.8) is 0 Å². The van der Waals surface area contributed by atoms with Crippen LogP contribution < -0.4 is 10.3 Å². The molecule has 9 heteroatoms. The zero-order chi connectivity index (χ0) is 14.8. The third-order valence-corrected chi connectivity index (χ3v) is 2.13. The van der Waals surface area contributed by atoms with Gasteiger partial charge in [-0.05, 0) is 24.3 Å². The molecule has 0 aromatic heterocycles. The minimum absolute atomic E-state index is 0. The molecule has 21 heavy (non-hydrogen) atoms. The molecule has 2 aromatic rings. The van der Waals surface area contributed by atoms with E-state index in [1.54, 1.807) is 60.7 Å². The minimum atomic E-state index is 0. The van der Waals surface area contributed by atoms with Crippen molar-refractivity contribution < 1.29 is 38.1 Å². The molecule has 0 aliphatic rings. The van der Waals surface area contributed by atoms with Crippen molar-refractivity contribution in [3.8, 4) is 0 Å². The number of nitrogens with zero attached hydrogens (tertiary/aromatic N) is 4. The van der Waals surface area contributed by atoms with Crippen LogP contribution in [0.5, 0.6) is 0 Å². The molecule has 8 nitrogen and oxygen atoms in total. The summed E-state index contributed by atoms with van der Waals surface area (Å²) in [6.45, 7) is 0. The van der Waals surface area contributed by atoms with E-state index in [1.165, 1.54) is 0 Å². The van der Waals surface area contributed by atoms with Crippen LogP contribution in [0.3, 0.4) is 0 Å². The van der Waals surface area contributed by atoms with Crippen molar-refractivity contribution in [1.82, 2.24) is 0 Å². The summed E-state index contributed by atoms with van der Waals surface area (Å²) in [5.74, 6) is 0. The molecule has 2 N–H and O–H groups in total. The molecule has 0 aliphatic heterocycles. The van der Waals surface area contributed by atoms with Crippen LogP contribution in [0.1, 0.15) is 0 Å². The summed E-state index contributed by atoms with van der Waals surface area (Å²) < 4.78 is 0. The van der Waals surface area contributed by atoms with E-state index < -0.39 is 0 Å². The van der Waals surface area contributed by atoms with E-state index in [0.717, 1.165) is 0 Å². The number of rotatable bonds is 4. The summed E-state index contributed by atoms with van der Waals surface area (Å²) >= 11 is 0. The molecule has 0 saturated carbocycles. The smallest absolute Gasteiger partial charge is 0.0932 e. The van der Waals surface area contributed by atoms with Crippen LogP contribution in [-0.2, 0) is 27.7 Å². The Morgan fingerprint density at radius 3 is 1.19 bits per heavy atom. The van der Waals surface area contributed by atoms with E-state index in [9.17, 15) is 9.81 Å².